The van der Waals surface area contributed by atoms with Crippen molar-refractivity contribution >= 4 is 15.9 Å². The molecule has 1 N–H and O–H groups in total. The number of nitrogens with one attached hydrogen (secondary N) is 1. The SMILES string of the molecule is CCN(Cc1ccc(CNC(C)C)cc1Br)CC(F)(F)F. The number of halogens is 4. The number of rotatable bonds is 7. The second kappa shape index (κ2) is 8.15. The highest BCUT2D eigenvalue weighted by Gasteiger charge is 2.30. The highest BCUT2D eigenvalue weighted by molar-refractivity contribution is 9.10. The molecule has 120 valence electrons. The second-order valence-electron chi connectivity index (χ2n) is 5.38. The summed E-state index contributed by atoms with van der Waals surface area (Å²) in [4.78, 5) is 1.38. The molecule has 1 aromatic carbocycles. The molecule has 0 saturated heterocycles. The zero-order valence-electron chi connectivity index (χ0n) is 12.6. The van der Waals surface area contributed by atoms with Gasteiger partial charge >= 0.3 is 6.18 Å². The maximum atomic E-state index is 12.5. The predicted octanol–water partition coefficient (Wildman–Crippen LogP) is 4.33. The Labute approximate surface area is 132 Å². The van der Waals surface area contributed by atoms with Gasteiger partial charge in [-0.1, -0.05) is 48.8 Å². The van der Waals surface area contributed by atoms with Crippen molar-refractivity contribution in [2.24, 2.45) is 0 Å². The van der Waals surface area contributed by atoms with Gasteiger partial charge in [-0.3, -0.25) is 4.90 Å². The van der Waals surface area contributed by atoms with Crippen molar-refractivity contribution in [3.05, 3.63) is 33.8 Å². The van der Waals surface area contributed by atoms with Crippen LogP contribution in [0.15, 0.2) is 22.7 Å². The number of alkyl halides is 3. The third kappa shape index (κ3) is 7.29. The molecule has 0 aliphatic heterocycles. The summed E-state index contributed by atoms with van der Waals surface area (Å²) in [6, 6.07) is 6.20. The van der Waals surface area contributed by atoms with Crippen molar-refractivity contribution in [1.29, 1.82) is 0 Å². The van der Waals surface area contributed by atoms with Gasteiger partial charge in [0.25, 0.3) is 0 Å². The first-order valence-electron chi connectivity index (χ1n) is 7.01. The third-order valence-corrected chi connectivity index (χ3v) is 3.81. The highest BCUT2D eigenvalue weighted by atomic mass is 79.9. The fourth-order valence-electron chi connectivity index (χ4n) is 1.92. The monoisotopic (exact) mass is 366 g/mol. The molecular formula is C15H22BrF3N2. The standard InChI is InChI=1S/C15H22BrF3N2/c1-4-21(10-15(17,18)19)9-13-6-5-12(7-14(13)16)8-20-11(2)3/h5-7,11,20H,4,8-10H2,1-3H3. The van der Waals surface area contributed by atoms with Gasteiger partial charge in [-0.15, -0.1) is 0 Å². The first-order valence-corrected chi connectivity index (χ1v) is 7.80. The van der Waals surface area contributed by atoms with Crippen molar-refractivity contribution in [1.82, 2.24) is 10.2 Å². The van der Waals surface area contributed by atoms with E-state index < -0.39 is 12.7 Å². The Morgan fingerprint density at radius 2 is 1.95 bits per heavy atom. The van der Waals surface area contributed by atoms with Gasteiger partial charge in [0.2, 0.25) is 0 Å². The van der Waals surface area contributed by atoms with E-state index in [4.69, 9.17) is 0 Å². The summed E-state index contributed by atoms with van der Waals surface area (Å²) in [6.45, 7) is 6.39. The van der Waals surface area contributed by atoms with Gasteiger partial charge in [0, 0.05) is 23.6 Å². The van der Waals surface area contributed by atoms with E-state index in [1.807, 2.05) is 18.2 Å². The molecule has 1 rings (SSSR count). The smallest absolute Gasteiger partial charge is 0.310 e. The summed E-state index contributed by atoms with van der Waals surface area (Å²) in [5.41, 5.74) is 1.98. The second-order valence-corrected chi connectivity index (χ2v) is 6.23. The topological polar surface area (TPSA) is 15.3 Å². The van der Waals surface area contributed by atoms with Crippen LogP contribution in [0, 0.1) is 0 Å². The Bertz CT molecular complexity index is 447. The lowest BCUT2D eigenvalue weighted by atomic mass is 10.1. The molecule has 0 spiro atoms. The summed E-state index contributed by atoms with van der Waals surface area (Å²) in [5, 5.41) is 3.31. The van der Waals surface area contributed by atoms with Crippen LogP contribution in [0.1, 0.15) is 31.9 Å². The lowest BCUT2D eigenvalue weighted by molar-refractivity contribution is -0.146. The first-order chi connectivity index (χ1) is 9.71. The minimum Gasteiger partial charge on any atom is -0.310 e. The van der Waals surface area contributed by atoms with Crippen LogP contribution >= 0.6 is 15.9 Å². The molecule has 0 saturated carbocycles. The summed E-state index contributed by atoms with van der Waals surface area (Å²) in [5.74, 6) is 0. The molecule has 0 heterocycles. The lowest BCUT2D eigenvalue weighted by Crippen LogP contribution is -2.33. The maximum Gasteiger partial charge on any atom is 0.401 e. The van der Waals surface area contributed by atoms with Gasteiger partial charge in [0.1, 0.15) is 0 Å². The molecule has 0 unspecified atom stereocenters. The van der Waals surface area contributed by atoms with Crippen LogP contribution in [0.3, 0.4) is 0 Å². The quantitative estimate of drug-likeness (QED) is 0.772. The zero-order valence-corrected chi connectivity index (χ0v) is 14.2. The highest BCUT2D eigenvalue weighted by Crippen LogP contribution is 2.23. The molecule has 0 aliphatic carbocycles. The minimum absolute atomic E-state index is 0.286. The van der Waals surface area contributed by atoms with E-state index in [1.165, 1.54) is 4.90 Å². The molecule has 0 aliphatic rings. The van der Waals surface area contributed by atoms with Crippen LogP contribution in [0.2, 0.25) is 0 Å². The zero-order chi connectivity index (χ0) is 16.0. The molecule has 0 amide bonds. The van der Waals surface area contributed by atoms with E-state index in [0.29, 0.717) is 12.6 Å². The van der Waals surface area contributed by atoms with Crippen molar-refractivity contribution in [3.63, 3.8) is 0 Å². The average Bonchev–Trinajstić information content (AvgIpc) is 2.36. The number of nitrogens with zero attached hydrogens (tertiary/aromatic N) is 1. The largest absolute Gasteiger partial charge is 0.401 e. The fraction of sp³-hybridized carbons (Fsp3) is 0.600. The van der Waals surface area contributed by atoms with Crippen molar-refractivity contribution < 1.29 is 13.2 Å². The Morgan fingerprint density at radius 3 is 2.43 bits per heavy atom. The summed E-state index contributed by atoms with van der Waals surface area (Å²) >= 11 is 3.46. The molecule has 6 heteroatoms. The molecule has 1 aromatic rings. The first kappa shape index (κ1) is 18.5. The summed E-state index contributed by atoms with van der Waals surface area (Å²) in [7, 11) is 0. The molecule has 0 radical (unpaired) electrons. The van der Waals surface area contributed by atoms with Crippen LogP contribution in [0.5, 0.6) is 0 Å². The van der Waals surface area contributed by atoms with Crippen LogP contribution in [0.25, 0.3) is 0 Å². The molecular weight excluding hydrogens is 345 g/mol. The Balaban J connectivity index is 2.70. The summed E-state index contributed by atoms with van der Waals surface area (Å²) in [6.07, 6.45) is -4.16. The van der Waals surface area contributed by atoms with Crippen LogP contribution in [-0.4, -0.2) is 30.2 Å². The van der Waals surface area contributed by atoms with Crippen LogP contribution in [0.4, 0.5) is 13.2 Å². The fourth-order valence-corrected chi connectivity index (χ4v) is 2.48. The number of benzene rings is 1. The molecule has 0 aromatic heterocycles. The van der Waals surface area contributed by atoms with E-state index in [0.717, 1.165) is 22.1 Å². The molecule has 0 fully saturated rings. The molecule has 0 bridgehead atoms. The minimum atomic E-state index is -4.16. The van der Waals surface area contributed by atoms with E-state index in [9.17, 15) is 13.2 Å². The normalized spacial score (nSPS) is 12.4. The molecule has 2 nitrogen and oxygen atoms in total. The van der Waals surface area contributed by atoms with Crippen molar-refractivity contribution in [2.75, 3.05) is 13.1 Å². The number of hydrogen-bond donors (Lipinski definition) is 1. The Hall–Kier alpha value is -0.590. The van der Waals surface area contributed by atoms with Crippen molar-refractivity contribution in [2.45, 2.75) is 46.1 Å². The van der Waals surface area contributed by atoms with E-state index >= 15 is 0 Å². The van der Waals surface area contributed by atoms with Crippen molar-refractivity contribution in [3.8, 4) is 0 Å². The predicted molar refractivity (Wildman–Crippen MR) is 83.1 cm³/mol. The average molecular weight is 367 g/mol. The third-order valence-electron chi connectivity index (χ3n) is 3.08. The van der Waals surface area contributed by atoms with E-state index in [1.54, 1.807) is 6.92 Å². The van der Waals surface area contributed by atoms with E-state index in [2.05, 4.69) is 35.1 Å². The van der Waals surface area contributed by atoms with Gasteiger partial charge in [0.05, 0.1) is 6.54 Å². The van der Waals surface area contributed by atoms with E-state index in [-0.39, 0.29) is 6.54 Å². The maximum absolute atomic E-state index is 12.5. The molecule has 0 atom stereocenters. The van der Waals surface area contributed by atoms with Crippen LogP contribution in [-0.2, 0) is 13.1 Å². The van der Waals surface area contributed by atoms with Gasteiger partial charge in [-0.2, -0.15) is 13.2 Å². The number of hydrogen-bond acceptors (Lipinski definition) is 2. The van der Waals surface area contributed by atoms with Gasteiger partial charge in [-0.05, 0) is 23.7 Å². The summed E-state index contributed by atoms with van der Waals surface area (Å²) < 4.78 is 38.3. The van der Waals surface area contributed by atoms with Gasteiger partial charge in [0.15, 0.2) is 0 Å². The van der Waals surface area contributed by atoms with Crippen LogP contribution < -0.4 is 5.32 Å². The van der Waals surface area contributed by atoms with Gasteiger partial charge in [-0.25, -0.2) is 0 Å². The lowest BCUT2D eigenvalue weighted by Gasteiger charge is -2.22. The Kier molecular flexibility index (Phi) is 7.16. The van der Waals surface area contributed by atoms with Gasteiger partial charge < -0.3 is 5.32 Å². The molecule has 21 heavy (non-hydrogen) atoms. The Morgan fingerprint density at radius 1 is 1.29 bits per heavy atom.